The van der Waals surface area contributed by atoms with E-state index in [1.165, 1.54) is 12.2 Å². The van der Waals surface area contributed by atoms with Crippen LogP contribution in [0, 0.1) is 0 Å². The summed E-state index contributed by atoms with van der Waals surface area (Å²) in [5, 5.41) is 14.1. The second-order valence-electron chi connectivity index (χ2n) is 5.44. The van der Waals surface area contributed by atoms with E-state index in [1.54, 1.807) is 24.3 Å². The molecule has 0 unspecified atom stereocenters. The summed E-state index contributed by atoms with van der Waals surface area (Å²) in [7, 11) is 0. The molecule has 0 aromatic heterocycles. The van der Waals surface area contributed by atoms with E-state index in [-0.39, 0.29) is 32.7 Å². The van der Waals surface area contributed by atoms with E-state index >= 15 is 0 Å². The first-order valence-electron chi connectivity index (χ1n) is 8.31. The summed E-state index contributed by atoms with van der Waals surface area (Å²) in [6, 6.07) is 4.87. The van der Waals surface area contributed by atoms with E-state index in [4.69, 9.17) is 14.6 Å². The number of urea groups is 1. The SMILES string of the molecule is C=CCOC(=O)CC[C@H](NC(=O)Nc1ccc(CO)cc1)C(=O)OCC=C. The van der Waals surface area contributed by atoms with Crippen molar-refractivity contribution in [3.63, 3.8) is 0 Å². The number of amides is 2. The smallest absolute Gasteiger partial charge is 0.329 e. The molecular formula is C19H24N2O6. The molecule has 0 heterocycles. The van der Waals surface area contributed by atoms with E-state index in [2.05, 4.69) is 23.8 Å². The molecule has 3 N–H and O–H groups in total. The van der Waals surface area contributed by atoms with Gasteiger partial charge in [0.2, 0.25) is 0 Å². The van der Waals surface area contributed by atoms with Crippen molar-refractivity contribution in [1.29, 1.82) is 0 Å². The number of hydrogen-bond donors (Lipinski definition) is 3. The lowest BCUT2D eigenvalue weighted by Crippen LogP contribution is -2.44. The number of rotatable bonds is 11. The normalized spacial score (nSPS) is 11.0. The van der Waals surface area contributed by atoms with E-state index in [0.717, 1.165) is 0 Å². The Morgan fingerprint density at radius 2 is 1.70 bits per heavy atom. The predicted molar refractivity (Wildman–Crippen MR) is 99.9 cm³/mol. The van der Waals surface area contributed by atoms with Crippen molar-refractivity contribution in [3.05, 3.63) is 55.1 Å². The lowest BCUT2D eigenvalue weighted by Gasteiger charge is -2.17. The molecule has 27 heavy (non-hydrogen) atoms. The molecule has 0 saturated heterocycles. The molecule has 1 aromatic rings. The van der Waals surface area contributed by atoms with Crippen LogP contribution in [-0.4, -0.2) is 42.3 Å². The predicted octanol–water partition coefficient (Wildman–Crippen LogP) is 1.91. The number of anilines is 1. The molecule has 0 fully saturated rings. The molecule has 0 saturated carbocycles. The van der Waals surface area contributed by atoms with Gasteiger partial charge in [-0.3, -0.25) is 4.79 Å². The molecule has 0 aliphatic carbocycles. The van der Waals surface area contributed by atoms with Crippen LogP contribution in [0.3, 0.4) is 0 Å². The molecule has 146 valence electrons. The summed E-state index contributed by atoms with van der Waals surface area (Å²) >= 11 is 0. The number of aliphatic hydroxyl groups is 1. The van der Waals surface area contributed by atoms with Gasteiger partial charge in [-0.2, -0.15) is 0 Å². The second-order valence-corrected chi connectivity index (χ2v) is 5.44. The van der Waals surface area contributed by atoms with Gasteiger partial charge >= 0.3 is 18.0 Å². The van der Waals surface area contributed by atoms with Gasteiger partial charge in [0.05, 0.1) is 6.61 Å². The highest BCUT2D eigenvalue weighted by molar-refractivity contribution is 5.92. The van der Waals surface area contributed by atoms with E-state index < -0.39 is 24.0 Å². The molecule has 0 aliphatic heterocycles. The Bertz CT molecular complexity index is 657. The summed E-state index contributed by atoms with van der Waals surface area (Å²) in [6.45, 7) is 6.85. The van der Waals surface area contributed by atoms with Crippen molar-refractivity contribution in [2.45, 2.75) is 25.5 Å². The first-order chi connectivity index (χ1) is 13.0. The van der Waals surface area contributed by atoms with Gasteiger partial charge in [-0.05, 0) is 24.1 Å². The van der Waals surface area contributed by atoms with Crippen molar-refractivity contribution >= 4 is 23.7 Å². The van der Waals surface area contributed by atoms with Gasteiger partial charge in [-0.1, -0.05) is 37.4 Å². The van der Waals surface area contributed by atoms with Gasteiger partial charge in [0.1, 0.15) is 19.3 Å². The first-order valence-corrected chi connectivity index (χ1v) is 8.31. The molecule has 1 aromatic carbocycles. The fourth-order valence-electron chi connectivity index (χ4n) is 2.00. The number of hydrogen-bond acceptors (Lipinski definition) is 6. The van der Waals surface area contributed by atoms with Crippen LogP contribution in [0.15, 0.2) is 49.6 Å². The van der Waals surface area contributed by atoms with Crippen LogP contribution >= 0.6 is 0 Å². The van der Waals surface area contributed by atoms with Crippen LogP contribution in [0.4, 0.5) is 10.5 Å². The topological polar surface area (TPSA) is 114 Å². The van der Waals surface area contributed by atoms with Gasteiger partial charge in [0, 0.05) is 12.1 Å². The Hall–Kier alpha value is -3.13. The zero-order valence-corrected chi connectivity index (χ0v) is 15.0. The Morgan fingerprint density at radius 1 is 1.07 bits per heavy atom. The number of benzene rings is 1. The van der Waals surface area contributed by atoms with Crippen molar-refractivity contribution in [1.82, 2.24) is 5.32 Å². The lowest BCUT2D eigenvalue weighted by molar-refractivity contribution is -0.146. The fourth-order valence-corrected chi connectivity index (χ4v) is 2.00. The van der Waals surface area contributed by atoms with Crippen LogP contribution in [0.25, 0.3) is 0 Å². The largest absolute Gasteiger partial charge is 0.461 e. The average molecular weight is 376 g/mol. The Morgan fingerprint density at radius 3 is 2.30 bits per heavy atom. The summed E-state index contributed by atoms with van der Waals surface area (Å²) in [5.74, 6) is -1.20. The van der Waals surface area contributed by atoms with Crippen molar-refractivity contribution < 1.29 is 29.0 Å². The van der Waals surface area contributed by atoms with Gasteiger partial charge in [-0.15, -0.1) is 0 Å². The lowest BCUT2D eigenvalue weighted by atomic mass is 10.1. The molecule has 0 aliphatic rings. The van der Waals surface area contributed by atoms with Crippen molar-refractivity contribution in [2.75, 3.05) is 18.5 Å². The third-order valence-corrected chi connectivity index (χ3v) is 3.33. The second kappa shape index (κ2) is 12.3. The number of carbonyl (C=O) groups excluding carboxylic acids is 3. The van der Waals surface area contributed by atoms with Gasteiger partial charge in [0.15, 0.2) is 0 Å². The minimum absolute atomic E-state index is 0.0117. The Balaban J connectivity index is 2.65. The number of carbonyl (C=O) groups is 3. The molecule has 8 heteroatoms. The standard InChI is InChI=1S/C19H24N2O6/c1-3-11-26-17(23)10-9-16(18(24)27-12-4-2)21-19(25)20-15-7-5-14(13-22)6-8-15/h3-8,16,22H,1-2,9-13H2,(H2,20,21,25)/t16-/m0/s1. The zero-order valence-electron chi connectivity index (χ0n) is 15.0. The molecule has 0 spiro atoms. The molecule has 8 nitrogen and oxygen atoms in total. The van der Waals surface area contributed by atoms with E-state index in [1.807, 2.05) is 0 Å². The summed E-state index contributed by atoms with van der Waals surface area (Å²) in [4.78, 5) is 35.8. The van der Waals surface area contributed by atoms with Gasteiger partial charge in [-0.25, -0.2) is 9.59 Å². The highest BCUT2D eigenvalue weighted by Crippen LogP contribution is 2.10. The number of aliphatic hydroxyl groups excluding tert-OH is 1. The number of ether oxygens (including phenoxy) is 2. The Kier molecular flexibility index (Phi) is 9.95. The maximum absolute atomic E-state index is 12.1. The van der Waals surface area contributed by atoms with Crippen LogP contribution < -0.4 is 10.6 Å². The fraction of sp³-hybridized carbons (Fsp3) is 0.316. The summed E-state index contributed by atoms with van der Waals surface area (Å²) < 4.78 is 9.80. The maximum Gasteiger partial charge on any atom is 0.329 e. The molecule has 1 atom stereocenters. The zero-order chi connectivity index (χ0) is 20.1. The molecule has 0 radical (unpaired) electrons. The van der Waals surface area contributed by atoms with Crippen LogP contribution in [0.2, 0.25) is 0 Å². The maximum atomic E-state index is 12.1. The molecule has 0 bridgehead atoms. The molecule has 1 rings (SSSR count). The average Bonchev–Trinajstić information content (AvgIpc) is 2.68. The van der Waals surface area contributed by atoms with E-state index in [9.17, 15) is 14.4 Å². The monoisotopic (exact) mass is 376 g/mol. The summed E-state index contributed by atoms with van der Waals surface area (Å²) in [5.41, 5.74) is 1.18. The van der Waals surface area contributed by atoms with Gasteiger partial charge < -0.3 is 25.2 Å². The minimum Gasteiger partial charge on any atom is -0.461 e. The van der Waals surface area contributed by atoms with Gasteiger partial charge in [0.25, 0.3) is 0 Å². The molecular weight excluding hydrogens is 352 g/mol. The third-order valence-electron chi connectivity index (χ3n) is 3.33. The summed E-state index contributed by atoms with van der Waals surface area (Å²) in [6.07, 6.45) is 2.77. The minimum atomic E-state index is -1.03. The molecule has 2 amide bonds. The number of nitrogens with one attached hydrogen (secondary N) is 2. The highest BCUT2D eigenvalue weighted by Gasteiger charge is 2.23. The first kappa shape index (κ1) is 21.9. The van der Waals surface area contributed by atoms with Crippen molar-refractivity contribution in [2.24, 2.45) is 0 Å². The highest BCUT2D eigenvalue weighted by atomic mass is 16.5. The number of esters is 2. The quantitative estimate of drug-likeness (QED) is 0.402. The third kappa shape index (κ3) is 8.68. The van der Waals surface area contributed by atoms with Crippen LogP contribution in [0.5, 0.6) is 0 Å². The van der Waals surface area contributed by atoms with E-state index in [0.29, 0.717) is 11.3 Å². The van der Waals surface area contributed by atoms with Crippen molar-refractivity contribution in [3.8, 4) is 0 Å². The van der Waals surface area contributed by atoms with Crippen LogP contribution in [0.1, 0.15) is 18.4 Å². The van der Waals surface area contributed by atoms with Crippen LogP contribution in [-0.2, 0) is 25.7 Å². The Labute approximate surface area is 157 Å².